The predicted octanol–water partition coefficient (Wildman–Crippen LogP) is 5.55. The van der Waals surface area contributed by atoms with Crippen LogP contribution in [0.15, 0.2) is 54.6 Å². The number of hydrogen-bond acceptors (Lipinski definition) is 3. The molecule has 4 heteroatoms. The summed E-state index contributed by atoms with van der Waals surface area (Å²) < 4.78 is 0. The third-order valence-corrected chi connectivity index (χ3v) is 10.3. The highest BCUT2D eigenvalue weighted by atomic mass is 32.9. The van der Waals surface area contributed by atoms with Crippen LogP contribution in [0.4, 0.5) is 0 Å². The highest BCUT2D eigenvalue weighted by Gasteiger charge is 2.43. The van der Waals surface area contributed by atoms with Crippen molar-refractivity contribution in [3.05, 3.63) is 54.6 Å². The standard InChI is InChI=1S/C20H24OPS2/c1-14(2)16-11-12-20(3,21)19(13-16)24-22(23)18-10-6-8-15-7-4-5-9-17(15)18/h4-10,16,19,21H,1,11-13H2,2-3H3/q+1/t16-,19+,20+/m0/s1. The van der Waals surface area contributed by atoms with Crippen molar-refractivity contribution in [1.29, 1.82) is 0 Å². The number of benzene rings is 2. The van der Waals surface area contributed by atoms with Gasteiger partial charge in [0.1, 0.15) is 11.4 Å². The summed E-state index contributed by atoms with van der Waals surface area (Å²) in [6.07, 6.45) is 2.84. The van der Waals surface area contributed by atoms with Gasteiger partial charge in [0.15, 0.2) is 17.1 Å². The van der Waals surface area contributed by atoms with Gasteiger partial charge in [-0.25, -0.2) is 0 Å². The van der Waals surface area contributed by atoms with Crippen LogP contribution in [0.1, 0.15) is 33.1 Å². The van der Waals surface area contributed by atoms with Crippen LogP contribution in [-0.4, -0.2) is 16.0 Å². The summed E-state index contributed by atoms with van der Waals surface area (Å²) in [6, 6.07) is 14.8. The first-order valence-electron chi connectivity index (χ1n) is 8.38. The summed E-state index contributed by atoms with van der Waals surface area (Å²) in [5.74, 6) is -0.277. The number of allylic oxidation sites excluding steroid dienone is 1. The zero-order valence-electron chi connectivity index (χ0n) is 14.2. The predicted molar refractivity (Wildman–Crippen MR) is 112 cm³/mol. The fourth-order valence-electron chi connectivity index (χ4n) is 3.40. The first kappa shape index (κ1) is 18.1. The van der Waals surface area contributed by atoms with Gasteiger partial charge in [-0.2, -0.15) is 0 Å². The van der Waals surface area contributed by atoms with Gasteiger partial charge in [0.2, 0.25) is 0 Å². The zero-order chi connectivity index (χ0) is 17.3. The van der Waals surface area contributed by atoms with Gasteiger partial charge in [-0.1, -0.05) is 42.5 Å². The third kappa shape index (κ3) is 3.75. The van der Waals surface area contributed by atoms with Crippen LogP contribution in [0.25, 0.3) is 10.8 Å². The molecule has 1 aliphatic carbocycles. The van der Waals surface area contributed by atoms with Gasteiger partial charge in [-0.3, -0.25) is 0 Å². The van der Waals surface area contributed by atoms with E-state index in [1.54, 1.807) is 11.4 Å². The summed E-state index contributed by atoms with van der Waals surface area (Å²) in [6.45, 7) is 8.21. The molecule has 1 unspecified atom stereocenters. The number of rotatable bonds is 4. The van der Waals surface area contributed by atoms with Crippen LogP contribution >= 0.6 is 17.3 Å². The zero-order valence-corrected chi connectivity index (χ0v) is 16.8. The highest BCUT2D eigenvalue weighted by molar-refractivity contribution is 8.66. The van der Waals surface area contributed by atoms with Gasteiger partial charge in [0.25, 0.3) is 5.90 Å². The molecule has 2 aromatic rings. The number of fused-ring (bicyclic) bond motifs is 1. The van der Waals surface area contributed by atoms with E-state index in [9.17, 15) is 5.11 Å². The fraction of sp³-hybridized carbons (Fsp3) is 0.400. The number of aliphatic hydroxyl groups is 1. The van der Waals surface area contributed by atoms with Crippen LogP contribution in [0, 0.1) is 5.92 Å². The summed E-state index contributed by atoms with van der Waals surface area (Å²) in [4.78, 5) is 0. The Bertz CT molecular complexity index is 779. The van der Waals surface area contributed by atoms with E-state index in [4.69, 9.17) is 11.8 Å². The monoisotopic (exact) mass is 375 g/mol. The lowest BCUT2D eigenvalue weighted by Gasteiger charge is -2.38. The molecule has 0 radical (unpaired) electrons. The molecule has 0 bridgehead atoms. The van der Waals surface area contributed by atoms with Gasteiger partial charge in [0, 0.05) is 5.39 Å². The molecule has 126 valence electrons. The Morgan fingerprint density at radius 2 is 2.00 bits per heavy atom. The van der Waals surface area contributed by atoms with Gasteiger partial charge < -0.3 is 5.11 Å². The van der Waals surface area contributed by atoms with Crippen molar-refractivity contribution in [2.75, 3.05) is 0 Å². The van der Waals surface area contributed by atoms with E-state index in [0.29, 0.717) is 5.92 Å². The summed E-state index contributed by atoms with van der Waals surface area (Å²) in [7, 11) is 0. The van der Waals surface area contributed by atoms with Crippen LogP contribution in [0.5, 0.6) is 0 Å². The van der Waals surface area contributed by atoms with Crippen molar-refractivity contribution in [1.82, 2.24) is 0 Å². The van der Waals surface area contributed by atoms with E-state index in [-0.39, 0.29) is 5.25 Å². The molecule has 0 aromatic heterocycles. The molecule has 1 fully saturated rings. The average molecular weight is 376 g/mol. The van der Waals surface area contributed by atoms with Crippen molar-refractivity contribution in [2.45, 2.75) is 44.0 Å². The summed E-state index contributed by atoms with van der Waals surface area (Å²) >= 11 is 7.72. The molecule has 0 aliphatic heterocycles. The molecule has 1 N–H and O–H groups in total. The Hall–Kier alpha value is -0.730. The van der Waals surface area contributed by atoms with Gasteiger partial charge >= 0.3 is 0 Å². The highest BCUT2D eigenvalue weighted by Crippen LogP contribution is 2.51. The Balaban J connectivity index is 1.86. The van der Waals surface area contributed by atoms with E-state index in [2.05, 4.69) is 56.0 Å². The topological polar surface area (TPSA) is 20.2 Å². The minimum Gasteiger partial charge on any atom is -0.389 e. The molecule has 2 aromatic carbocycles. The Morgan fingerprint density at radius 3 is 2.75 bits per heavy atom. The van der Waals surface area contributed by atoms with Gasteiger partial charge in [-0.05, 0) is 56.5 Å². The van der Waals surface area contributed by atoms with Gasteiger partial charge in [-0.15, -0.1) is 0 Å². The minimum atomic E-state index is -0.785. The minimum absolute atomic E-state index is 0.176. The molecule has 0 saturated heterocycles. The lowest BCUT2D eigenvalue weighted by atomic mass is 9.77. The summed E-state index contributed by atoms with van der Waals surface area (Å²) in [5.41, 5.74) is 0.593. The molecule has 1 saturated carbocycles. The smallest absolute Gasteiger partial charge is 0.284 e. The first-order valence-corrected chi connectivity index (χ1v) is 12.2. The Morgan fingerprint density at radius 1 is 1.29 bits per heavy atom. The quantitative estimate of drug-likeness (QED) is 0.559. The van der Waals surface area contributed by atoms with E-state index < -0.39 is 11.5 Å². The van der Waals surface area contributed by atoms with E-state index in [1.165, 1.54) is 21.7 Å². The molecule has 1 aliphatic rings. The lowest BCUT2D eigenvalue weighted by molar-refractivity contribution is 0.0198. The Kier molecular flexibility index (Phi) is 5.46. The van der Waals surface area contributed by atoms with Crippen molar-refractivity contribution < 1.29 is 5.11 Å². The second-order valence-corrected chi connectivity index (χ2v) is 12.3. The maximum absolute atomic E-state index is 10.9. The van der Waals surface area contributed by atoms with Crippen LogP contribution < -0.4 is 5.30 Å². The largest absolute Gasteiger partial charge is 0.389 e. The third-order valence-electron chi connectivity index (χ3n) is 5.07. The van der Waals surface area contributed by atoms with Crippen LogP contribution in [0.3, 0.4) is 0 Å². The van der Waals surface area contributed by atoms with E-state index in [1.807, 2.05) is 6.92 Å². The van der Waals surface area contributed by atoms with Crippen LogP contribution in [0.2, 0.25) is 0 Å². The molecule has 3 rings (SSSR count). The fourth-order valence-corrected chi connectivity index (χ4v) is 8.88. The second-order valence-electron chi connectivity index (χ2n) is 7.02. The van der Waals surface area contributed by atoms with E-state index >= 15 is 0 Å². The first-order chi connectivity index (χ1) is 11.4. The molecular weight excluding hydrogens is 351 g/mol. The second kappa shape index (κ2) is 7.25. The van der Waals surface area contributed by atoms with Crippen molar-refractivity contribution in [3.63, 3.8) is 0 Å². The molecule has 4 atom stereocenters. The molecule has 24 heavy (non-hydrogen) atoms. The van der Waals surface area contributed by atoms with Crippen molar-refractivity contribution in [3.8, 4) is 0 Å². The molecule has 1 nitrogen and oxygen atoms in total. The lowest BCUT2D eigenvalue weighted by Crippen LogP contribution is -2.42. The summed E-state index contributed by atoms with van der Waals surface area (Å²) in [5, 5.41) is 14.8. The molecule has 0 spiro atoms. The molecular formula is C20H24OPS2+. The maximum atomic E-state index is 10.9. The van der Waals surface area contributed by atoms with Crippen molar-refractivity contribution >= 4 is 45.2 Å². The molecule has 0 amide bonds. The van der Waals surface area contributed by atoms with Gasteiger partial charge in [0.05, 0.1) is 10.9 Å². The molecule has 0 heterocycles. The number of hydrogen-bond donors (Lipinski definition) is 1. The normalized spacial score (nSPS) is 27.9. The average Bonchev–Trinajstić information content (AvgIpc) is 2.55. The van der Waals surface area contributed by atoms with Crippen LogP contribution in [-0.2, 0) is 11.8 Å². The maximum Gasteiger partial charge on any atom is 0.284 e. The van der Waals surface area contributed by atoms with E-state index in [0.717, 1.165) is 19.3 Å². The Labute approximate surface area is 154 Å². The van der Waals surface area contributed by atoms with Crippen molar-refractivity contribution in [2.24, 2.45) is 5.92 Å². The SMILES string of the molecule is C=C(C)[C@H]1CC[C@@](C)(O)[C@H](S[P+](=S)c2cccc3ccccc23)C1.